The van der Waals surface area contributed by atoms with Crippen molar-refractivity contribution in [2.45, 2.75) is 92.8 Å². The smallest absolute Gasteiger partial charge is 0.303 e. The molecule has 0 aromatic carbocycles. The molecule has 2 rings (SSSR count). The highest BCUT2D eigenvalue weighted by molar-refractivity contribution is 5.67. The number of allylic oxidation sites excluding steroid dienone is 1. The summed E-state index contributed by atoms with van der Waals surface area (Å²) in [5.74, 6) is -1.41. The maximum absolute atomic E-state index is 12.0. The number of fused-ring (bicyclic) bond motifs is 1. The zero-order chi connectivity index (χ0) is 27.3. The van der Waals surface area contributed by atoms with Crippen LogP contribution in [-0.4, -0.2) is 49.3 Å². The van der Waals surface area contributed by atoms with Gasteiger partial charge in [0.2, 0.25) is 0 Å². The topological polar surface area (TPSA) is 105 Å². The second kappa shape index (κ2) is 12.1. The van der Waals surface area contributed by atoms with E-state index >= 15 is 0 Å². The Balaban J connectivity index is 2.44. The molecule has 0 aromatic heterocycles. The number of carbonyl (C=O) groups is 4. The van der Waals surface area contributed by atoms with Gasteiger partial charge in [0.05, 0.1) is 6.61 Å². The van der Waals surface area contributed by atoms with Crippen molar-refractivity contribution < 1.29 is 38.1 Å². The van der Waals surface area contributed by atoms with E-state index in [1.165, 1.54) is 27.7 Å². The molecule has 0 aromatic rings. The van der Waals surface area contributed by atoms with Crippen LogP contribution in [0.5, 0.6) is 0 Å². The molecular formula is C28H42O8. The molecule has 0 radical (unpaired) electrons. The third kappa shape index (κ3) is 7.43. The first-order valence-corrected chi connectivity index (χ1v) is 12.6. The summed E-state index contributed by atoms with van der Waals surface area (Å²) >= 11 is 0. The van der Waals surface area contributed by atoms with Gasteiger partial charge in [0.1, 0.15) is 18.8 Å². The maximum atomic E-state index is 12.0. The van der Waals surface area contributed by atoms with Gasteiger partial charge in [-0.05, 0) is 67.9 Å². The van der Waals surface area contributed by atoms with Crippen molar-refractivity contribution >= 4 is 23.9 Å². The van der Waals surface area contributed by atoms with Gasteiger partial charge in [-0.3, -0.25) is 19.2 Å². The molecule has 2 fully saturated rings. The van der Waals surface area contributed by atoms with Crippen molar-refractivity contribution in [2.75, 3.05) is 13.2 Å². The summed E-state index contributed by atoms with van der Waals surface area (Å²) in [7, 11) is 0. The largest absolute Gasteiger partial charge is 0.465 e. The lowest BCUT2D eigenvalue weighted by atomic mass is 9.45. The van der Waals surface area contributed by atoms with E-state index in [1.807, 2.05) is 13.0 Å². The Morgan fingerprint density at radius 1 is 0.917 bits per heavy atom. The molecule has 6 atom stereocenters. The number of ether oxygens (including phenoxy) is 4. The van der Waals surface area contributed by atoms with Crippen LogP contribution in [0.25, 0.3) is 0 Å². The lowest BCUT2D eigenvalue weighted by molar-refractivity contribution is -0.185. The first-order chi connectivity index (χ1) is 16.7. The van der Waals surface area contributed by atoms with Crippen LogP contribution in [0.15, 0.2) is 23.8 Å². The fourth-order valence-electron chi connectivity index (χ4n) is 6.47. The Morgan fingerprint density at radius 3 is 2.08 bits per heavy atom. The first-order valence-electron chi connectivity index (χ1n) is 12.6. The van der Waals surface area contributed by atoms with Gasteiger partial charge < -0.3 is 18.9 Å². The van der Waals surface area contributed by atoms with Crippen LogP contribution in [0.3, 0.4) is 0 Å². The molecule has 8 nitrogen and oxygen atoms in total. The number of hydrogen-bond acceptors (Lipinski definition) is 8. The van der Waals surface area contributed by atoms with Crippen molar-refractivity contribution in [3.63, 3.8) is 0 Å². The fourth-order valence-corrected chi connectivity index (χ4v) is 6.47. The minimum atomic E-state index is -0.490. The van der Waals surface area contributed by atoms with E-state index in [0.29, 0.717) is 19.3 Å². The van der Waals surface area contributed by atoms with Gasteiger partial charge in [-0.25, -0.2) is 0 Å². The van der Waals surface area contributed by atoms with Crippen molar-refractivity contribution in [2.24, 2.45) is 22.7 Å². The average Bonchev–Trinajstić information content (AvgIpc) is 2.72. The maximum Gasteiger partial charge on any atom is 0.303 e. The summed E-state index contributed by atoms with van der Waals surface area (Å²) in [4.78, 5) is 46.7. The van der Waals surface area contributed by atoms with E-state index in [9.17, 15) is 19.2 Å². The highest BCUT2D eigenvalue weighted by Crippen LogP contribution is 2.63. The SMILES string of the molecule is C=C1C(CC/C(C)=C\COC(C)=O)[C@@]2(C)C[C@@H](OC(C)=O)C[C@](C)(COC(C)=O)C2C[C@H]1OC(C)=O. The second-order valence-corrected chi connectivity index (χ2v) is 11.0. The number of carbonyl (C=O) groups excluding carboxylic acids is 4. The van der Waals surface area contributed by atoms with E-state index in [2.05, 4.69) is 20.4 Å². The van der Waals surface area contributed by atoms with Gasteiger partial charge in [-0.15, -0.1) is 0 Å². The van der Waals surface area contributed by atoms with Gasteiger partial charge in [0, 0.05) is 33.1 Å². The van der Waals surface area contributed by atoms with E-state index in [0.717, 1.165) is 24.0 Å². The van der Waals surface area contributed by atoms with Gasteiger partial charge in [0.15, 0.2) is 0 Å². The molecule has 36 heavy (non-hydrogen) atoms. The molecule has 2 aliphatic rings. The Kier molecular flexibility index (Phi) is 9.92. The molecule has 0 N–H and O–H groups in total. The van der Waals surface area contributed by atoms with Crippen LogP contribution in [0.2, 0.25) is 0 Å². The van der Waals surface area contributed by atoms with E-state index in [1.54, 1.807) is 0 Å². The highest BCUT2D eigenvalue weighted by atomic mass is 16.6. The van der Waals surface area contributed by atoms with Gasteiger partial charge in [0.25, 0.3) is 0 Å². The van der Waals surface area contributed by atoms with Crippen LogP contribution < -0.4 is 0 Å². The molecule has 0 amide bonds. The molecule has 2 saturated carbocycles. The zero-order valence-electron chi connectivity index (χ0n) is 22.8. The molecule has 0 spiro atoms. The van der Waals surface area contributed by atoms with Crippen LogP contribution in [0.4, 0.5) is 0 Å². The Morgan fingerprint density at radius 2 is 1.53 bits per heavy atom. The summed E-state index contributed by atoms with van der Waals surface area (Å²) in [6.45, 7) is 16.6. The summed E-state index contributed by atoms with van der Waals surface area (Å²) in [6, 6.07) is 0. The Hall–Kier alpha value is -2.64. The standard InChI is InChI=1S/C28H42O8/c1-17(11-12-33-19(3)29)9-10-24-18(2)25(36-22(6)32)13-26-27(7,16-34-20(4)30)14-23(35-21(5)31)15-28(24,26)8/h11,23-26H,2,9-10,12-16H2,1,3-8H3/b17-11-/t23-,24?,25+,26?,27+,28+/m0/s1. The average molecular weight is 507 g/mol. The molecule has 202 valence electrons. The number of rotatable bonds is 9. The predicted octanol–water partition coefficient (Wildman–Crippen LogP) is 4.70. The summed E-state index contributed by atoms with van der Waals surface area (Å²) in [5, 5.41) is 0. The molecule has 0 heterocycles. The number of hydrogen-bond donors (Lipinski definition) is 0. The quantitative estimate of drug-likeness (QED) is 0.252. The number of esters is 4. The third-order valence-electron chi connectivity index (χ3n) is 7.90. The van der Waals surface area contributed by atoms with Crippen molar-refractivity contribution in [3.8, 4) is 0 Å². The van der Waals surface area contributed by atoms with Crippen LogP contribution in [-0.2, 0) is 38.1 Å². The zero-order valence-corrected chi connectivity index (χ0v) is 22.8. The summed E-state index contributed by atoms with van der Waals surface area (Å²) in [5.41, 5.74) is 1.11. The Bertz CT molecular complexity index is 905. The van der Waals surface area contributed by atoms with Crippen molar-refractivity contribution in [3.05, 3.63) is 23.8 Å². The molecule has 0 bridgehead atoms. The molecule has 8 heteroatoms. The first kappa shape index (κ1) is 29.6. The van der Waals surface area contributed by atoms with Crippen LogP contribution >= 0.6 is 0 Å². The lowest BCUT2D eigenvalue weighted by Crippen LogP contribution is -2.58. The van der Waals surface area contributed by atoms with Gasteiger partial charge in [-0.2, -0.15) is 0 Å². The minimum absolute atomic E-state index is 0.0290. The fraction of sp³-hybridized carbons (Fsp3) is 0.714. The van der Waals surface area contributed by atoms with Crippen molar-refractivity contribution in [1.82, 2.24) is 0 Å². The molecular weight excluding hydrogens is 464 g/mol. The normalized spacial score (nSPS) is 32.2. The van der Waals surface area contributed by atoms with Crippen molar-refractivity contribution in [1.29, 1.82) is 0 Å². The molecule has 2 aliphatic carbocycles. The monoisotopic (exact) mass is 506 g/mol. The molecule has 0 saturated heterocycles. The Labute approximate surface area is 214 Å². The van der Waals surface area contributed by atoms with Crippen LogP contribution in [0, 0.1) is 22.7 Å². The van der Waals surface area contributed by atoms with E-state index in [4.69, 9.17) is 18.9 Å². The van der Waals surface area contributed by atoms with Gasteiger partial charge >= 0.3 is 23.9 Å². The van der Waals surface area contributed by atoms with E-state index < -0.39 is 11.5 Å². The second-order valence-electron chi connectivity index (χ2n) is 11.0. The van der Waals surface area contributed by atoms with Crippen LogP contribution in [0.1, 0.15) is 80.6 Å². The van der Waals surface area contributed by atoms with Gasteiger partial charge in [-0.1, -0.05) is 26.0 Å². The van der Waals surface area contributed by atoms with E-state index in [-0.39, 0.29) is 60.4 Å². The summed E-state index contributed by atoms with van der Waals surface area (Å²) in [6.07, 6.45) is 4.35. The third-order valence-corrected chi connectivity index (χ3v) is 7.90. The molecule has 0 aliphatic heterocycles. The highest BCUT2D eigenvalue weighted by Gasteiger charge is 2.60. The minimum Gasteiger partial charge on any atom is -0.465 e. The molecule has 2 unspecified atom stereocenters. The lowest BCUT2D eigenvalue weighted by Gasteiger charge is -2.61. The predicted molar refractivity (Wildman–Crippen MR) is 134 cm³/mol. The summed E-state index contributed by atoms with van der Waals surface area (Å²) < 4.78 is 22.0.